The smallest absolute Gasteiger partial charge is 0.325 e. The van der Waals surface area contributed by atoms with Crippen LogP contribution >= 0.6 is 0 Å². The van der Waals surface area contributed by atoms with Gasteiger partial charge in [0.05, 0.1) is 6.54 Å². The first kappa shape index (κ1) is 17.4. The van der Waals surface area contributed by atoms with Crippen LogP contribution in [0.3, 0.4) is 0 Å². The fourth-order valence-electron chi connectivity index (χ4n) is 3.41. The number of benzene rings is 1. The first-order chi connectivity index (χ1) is 12.0. The van der Waals surface area contributed by atoms with Gasteiger partial charge in [0.1, 0.15) is 6.54 Å². The molecule has 0 saturated carbocycles. The van der Waals surface area contributed by atoms with Gasteiger partial charge < -0.3 is 10.2 Å². The minimum absolute atomic E-state index is 0.0209. The first-order valence-corrected chi connectivity index (χ1v) is 8.61. The molecule has 1 aromatic rings. The summed E-state index contributed by atoms with van der Waals surface area (Å²) in [6.45, 7) is 3.35. The van der Waals surface area contributed by atoms with Gasteiger partial charge in [0.2, 0.25) is 5.91 Å². The summed E-state index contributed by atoms with van der Waals surface area (Å²) in [5, 5.41) is 2.43. The van der Waals surface area contributed by atoms with Crippen LogP contribution in [-0.4, -0.2) is 72.3 Å². The normalized spacial score (nSPS) is 20.8. The molecule has 7 heteroatoms. The molecule has 0 aromatic heterocycles. The lowest BCUT2D eigenvalue weighted by Gasteiger charge is -2.23. The Morgan fingerprint density at radius 3 is 2.72 bits per heavy atom. The molecule has 0 spiro atoms. The van der Waals surface area contributed by atoms with Crippen LogP contribution in [0, 0.1) is 5.92 Å². The molecule has 4 amide bonds. The highest BCUT2D eigenvalue weighted by atomic mass is 16.2. The van der Waals surface area contributed by atoms with E-state index in [0.717, 1.165) is 31.0 Å². The summed E-state index contributed by atoms with van der Waals surface area (Å²) in [6, 6.07) is 9.88. The third-order valence-corrected chi connectivity index (χ3v) is 4.81. The Balaban J connectivity index is 1.45. The van der Waals surface area contributed by atoms with Crippen molar-refractivity contribution in [2.24, 2.45) is 5.92 Å². The van der Waals surface area contributed by atoms with Crippen LogP contribution in [0.2, 0.25) is 0 Å². The average Bonchev–Trinajstić information content (AvgIpc) is 3.16. The molecule has 2 saturated heterocycles. The molecule has 0 aliphatic carbocycles. The number of rotatable bonds is 6. The fraction of sp³-hybridized carbons (Fsp3) is 0.500. The van der Waals surface area contributed by atoms with Gasteiger partial charge in [0.15, 0.2) is 0 Å². The number of likely N-dealkylation sites (N-methyl/N-ethyl adjacent to an activating group) is 1. The molecule has 2 heterocycles. The van der Waals surface area contributed by atoms with Crippen LogP contribution in [0.25, 0.3) is 0 Å². The fourth-order valence-corrected chi connectivity index (χ4v) is 3.41. The maximum absolute atomic E-state index is 12.3. The number of carbonyl (C=O) groups excluding carboxylic acids is 3. The summed E-state index contributed by atoms with van der Waals surface area (Å²) in [6.07, 6.45) is 1.05. The Kier molecular flexibility index (Phi) is 5.33. The second kappa shape index (κ2) is 7.65. The lowest BCUT2D eigenvalue weighted by molar-refractivity contribution is -0.135. The van der Waals surface area contributed by atoms with E-state index < -0.39 is 6.03 Å². The quantitative estimate of drug-likeness (QED) is 0.764. The van der Waals surface area contributed by atoms with Gasteiger partial charge in [0, 0.05) is 26.7 Å². The zero-order valence-corrected chi connectivity index (χ0v) is 14.5. The monoisotopic (exact) mass is 344 g/mol. The highest BCUT2D eigenvalue weighted by molar-refractivity contribution is 6.04. The molecule has 134 valence electrons. The third kappa shape index (κ3) is 4.36. The van der Waals surface area contributed by atoms with Crippen molar-refractivity contribution in [3.63, 3.8) is 0 Å². The molecule has 2 aliphatic rings. The largest absolute Gasteiger partial charge is 0.344 e. The van der Waals surface area contributed by atoms with Gasteiger partial charge in [-0.05, 0) is 24.4 Å². The van der Waals surface area contributed by atoms with E-state index >= 15 is 0 Å². The molecule has 0 radical (unpaired) electrons. The van der Waals surface area contributed by atoms with Crippen molar-refractivity contribution in [2.75, 3.05) is 39.8 Å². The molecule has 3 rings (SSSR count). The Bertz CT molecular complexity index is 633. The summed E-state index contributed by atoms with van der Waals surface area (Å²) >= 11 is 0. The van der Waals surface area contributed by atoms with Gasteiger partial charge >= 0.3 is 6.03 Å². The lowest BCUT2D eigenvalue weighted by atomic mass is 10.1. The number of imide groups is 1. The molecule has 0 unspecified atom stereocenters. The predicted octanol–water partition coefficient (Wildman–Crippen LogP) is 0.519. The minimum atomic E-state index is -0.485. The molecular formula is C18H24N4O3. The summed E-state index contributed by atoms with van der Waals surface area (Å²) in [5.41, 5.74) is 1.30. The maximum Gasteiger partial charge on any atom is 0.325 e. The van der Waals surface area contributed by atoms with Crippen molar-refractivity contribution in [1.29, 1.82) is 0 Å². The van der Waals surface area contributed by atoms with Crippen molar-refractivity contribution >= 4 is 17.8 Å². The topological polar surface area (TPSA) is 73.0 Å². The van der Waals surface area contributed by atoms with Gasteiger partial charge in [-0.3, -0.25) is 19.4 Å². The highest BCUT2D eigenvalue weighted by Gasteiger charge is 2.32. The Morgan fingerprint density at radius 2 is 2.04 bits per heavy atom. The zero-order valence-electron chi connectivity index (χ0n) is 14.5. The van der Waals surface area contributed by atoms with E-state index in [1.807, 2.05) is 18.2 Å². The summed E-state index contributed by atoms with van der Waals surface area (Å²) in [4.78, 5) is 40.4. The Morgan fingerprint density at radius 1 is 1.28 bits per heavy atom. The molecular weight excluding hydrogens is 320 g/mol. The number of nitrogens with one attached hydrogen (secondary N) is 1. The molecule has 1 aromatic carbocycles. The first-order valence-electron chi connectivity index (χ1n) is 8.61. The van der Waals surface area contributed by atoms with E-state index in [0.29, 0.717) is 12.5 Å². The van der Waals surface area contributed by atoms with Crippen molar-refractivity contribution in [3.05, 3.63) is 35.9 Å². The number of hydrogen-bond acceptors (Lipinski definition) is 4. The van der Waals surface area contributed by atoms with Crippen LogP contribution in [0.5, 0.6) is 0 Å². The van der Waals surface area contributed by atoms with Crippen LogP contribution in [0.4, 0.5) is 4.79 Å². The maximum atomic E-state index is 12.3. The SMILES string of the molecule is CN(C[C@@H]1CCN(Cc2ccccc2)C1)C(=O)CN1C(=O)CNC1=O. The van der Waals surface area contributed by atoms with Crippen LogP contribution in [-0.2, 0) is 16.1 Å². The van der Waals surface area contributed by atoms with Crippen LogP contribution < -0.4 is 5.32 Å². The molecule has 0 bridgehead atoms. The average molecular weight is 344 g/mol. The number of amides is 4. The second-order valence-electron chi connectivity index (χ2n) is 6.79. The van der Waals surface area contributed by atoms with Gasteiger partial charge in [-0.15, -0.1) is 0 Å². The van der Waals surface area contributed by atoms with E-state index in [4.69, 9.17) is 0 Å². The van der Waals surface area contributed by atoms with Crippen molar-refractivity contribution in [1.82, 2.24) is 20.0 Å². The summed E-state index contributed by atoms with van der Waals surface area (Å²) in [5.74, 6) is -0.130. The number of likely N-dealkylation sites (tertiary alicyclic amines) is 1. The predicted molar refractivity (Wildman–Crippen MR) is 92.6 cm³/mol. The van der Waals surface area contributed by atoms with Crippen LogP contribution in [0.15, 0.2) is 30.3 Å². The van der Waals surface area contributed by atoms with Crippen molar-refractivity contribution < 1.29 is 14.4 Å². The summed E-state index contributed by atoms with van der Waals surface area (Å²) < 4.78 is 0. The third-order valence-electron chi connectivity index (χ3n) is 4.81. The van der Waals surface area contributed by atoms with Crippen molar-refractivity contribution in [2.45, 2.75) is 13.0 Å². The Hall–Kier alpha value is -2.41. The number of urea groups is 1. The van der Waals surface area contributed by atoms with Gasteiger partial charge in [-0.1, -0.05) is 30.3 Å². The number of carbonyl (C=O) groups is 3. The summed E-state index contributed by atoms with van der Waals surface area (Å²) in [7, 11) is 1.74. The van der Waals surface area contributed by atoms with Crippen LogP contribution in [0.1, 0.15) is 12.0 Å². The van der Waals surface area contributed by atoms with Crippen molar-refractivity contribution in [3.8, 4) is 0 Å². The molecule has 2 fully saturated rings. The highest BCUT2D eigenvalue weighted by Crippen LogP contribution is 2.19. The van der Waals surface area contributed by atoms with Gasteiger partial charge in [-0.25, -0.2) is 4.79 Å². The van der Waals surface area contributed by atoms with E-state index in [1.54, 1.807) is 11.9 Å². The Labute approximate surface area is 147 Å². The van der Waals surface area contributed by atoms with E-state index in [-0.39, 0.29) is 24.9 Å². The van der Waals surface area contributed by atoms with Gasteiger partial charge in [0.25, 0.3) is 5.91 Å². The number of nitrogens with zero attached hydrogens (tertiary/aromatic N) is 3. The zero-order chi connectivity index (χ0) is 17.8. The molecule has 1 N–H and O–H groups in total. The molecule has 7 nitrogen and oxygen atoms in total. The standard InChI is InChI=1S/C18H24N4O3/c1-20(17(24)13-22-16(23)9-19-18(22)25)10-15-7-8-21(12-15)11-14-5-3-2-4-6-14/h2-6,15H,7-13H2,1H3,(H,19,25)/t15-/m0/s1. The molecule has 25 heavy (non-hydrogen) atoms. The second-order valence-corrected chi connectivity index (χ2v) is 6.79. The van der Waals surface area contributed by atoms with E-state index in [2.05, 4.69) is 22.3 Å². The molecule has 2 aliphatic heterocycles. The van der Waals surface area contributed by atoms with Gasteiger partial charge in [-0.2, -0.15) is 0 Å². The minimum Gasteiger partial charge on any atom is -0.344 e. The number of hydrogen-bond donors (Lipinski definition) is 1. The van der Waals surface area contributed by atoms with E-state index in [9.17, 15) is 14.4 Å². The molecule has 1 atom stereocenters. The van der Waals surface area contributed by atoms with E-state index in [1.165, 1.54) is 5.56 Å². The lowest BCUT2D eigenvalue weighted by Crippen LogP contribution is -2.43.